The Bertz CT molecular complexity index is 268. The molecule has 0 radical (unpaired) electrons. The highest BCUT2D eigenvalue weighted by atomic mass is 79.9. The number of hydrogen-bond donors (Lipinski definition) is 1. The molecule has 72 valence electrons. The SMILES string of the molecule is OC(CCl)OCc1cccc(Br)c1. The van der Waals surface area contributed by atoms with Gasteiger partial charge in [0, 0.05) is 4.47 Å². The number of halogens is 2. The summed E-state index contributed by atoms with van der Waals surface area (Å²) in [5, 5.41) is 9.02. The number of alkyl halides is 1. The Morgan fingerprint density at radius 3 is 2.92 bits per heavy atom. The highest BCUT2D eigenvalue weighted by Crippen LogP contribution is 2.12. The van der Waals surface area contributed by atoms with Crippen molar-refractivity contribution in [3.8, 4) is 0 Å². The van der Waals surface area contributed by atoms with Gasteiger partial charge in [-0.3, -0.25) is 0 Å². The van der Waals surface area contributed by atoms with Gasteiger partial charge in [-0.15, -0.1) is 11.6 Å². The minimum Gasteiger partial charge on any atom is -0.367 e. The lowest BCUT2D eigenvalue weighted by Crippen LogP contribution is -2.12. The Balaban J connectivity index is 2.45. The van der Waals surface area contributed by atoms with E-state index in [-0.39, 0.29) is 5.88 Å². The highest BCUT2D eigenvalue weighted by molar-refractivity contribution is 9.10. The molecule has 0 saturated heterocycles. The van der Waals surface area contributed by atoms with E-state index in [1.807, 2.05) is 24.3 Å². The smallest absolute Gasteiger partial charge is 0.168 e. The van der Waals surface area contributed by atoms with Crippen LogP contribution in [0.25, 0.3) is 0 Å². The van der Waals surface area contributed by atoms with Crippen LogP contribution in [-0.4, -0.2) is 17.3 Å². The molecule has 0 aliphatic heterocycles. The zero-order chi connectivity index (χ0) is 9.68. The molecule has 0 aliphatic rings. The van der Waals surface area contributed by atoms with Crippen LogP contribution in [0.3, 0.4) is 0 Å². The Hall–Kier alpha value is -0.0900. The Morgan fingerprint density at radius 1 is 1.54 bits per heavy atom. The van der Waals surface area contributed by atoms with Gasteiger partial charge in [0.05, 0.1) is 12.5 Å². The second-order valence-electron chi connectivity index (χ2n) is 2.55. The van der Waals surface area contributed by atoms with Gasteiger partial charge in [-0.05, 0) is 17.7 Å². The van der Waals surface area contributed by atoms with Crippen molar-refractivity contribution in [2.45, 2.75) is 12.9 Å². The van der Waals surface area contributed by atoms with Crippen molar-refractivity contribution in [1.82, 2.24) is 0 Å². The molecule has 13 heavy (non-hydrogen) atoms. The van der Waals surface area contributed by atoms with E-state index in [1.54, 1.807) is 0 Å². The Morgan fingerprint density at radius 2 is 2.31 bits per heavy atom. The Kier molecular flexibility index (Phi) is 4.73. The van der Waals surface area contributed by atoms with E-state index in [9.17, 15) is 0 Å². The summed E-state index contributed by atoms with van der Waals surface area (Å²) < 4.78 is 6.03. The van der Waals surface area contributed by atoms with Gasteiger partial charge in [-0.2, -0.15) is 0 Å². The van der Waals surface area contributed by atoms with Gasteiger partial charge >= 0.3 is 0 Å². The van der Waals surface area contributed by atoms with Crippen LogP contribution in [0.2, 0.25) is 0 Å². The van der Waals surface area contributed by atoms with Crippen LogP contribution in [0.4, 0.5) is 0 Å². The summed E-state index contributed by atoms with van der Waals surface area (Å²) in [6, 6.07) is 7.70. The highest BCUT2D eigenvalue weighted by Gasteiger charge is 2.01. The summed E-state index contributed by atoms with van der Waals surface area (Å²) in [6.45, 7) is 0.368. The first kappa shape index (κ1) is 11.0. The molecule has 1 aromatic carbocycles. The molecule has 0 aromatic heterocycles. The minimum atomic E-state index is -0.888. The molecule has 4 heteroatoms. The van der Waals surface area contributed by atoms with Crippen molar-refractivity contribution in [3.05, 3.63) is 34.3 Å². The second kappa shape index (κ2) is 5.60. The largest absolute Gasteiger partial charge is 0.367 e. The monoisotopic (exact) mass is 264 g/mol. The number of rotatable bonds is 4. The van der Waals surface area contributed by atoms with Gasteiger partial charge < -0.3 is 9.84 Å². The standard InChI is InChI=1S/C9H10BrClO2/c10-8-3-1-2-7(4-8)6-13-9(12)5-11/h1-4,9,12H,5-6H2. The van der Waals surface area contributed by atoms with Crippen LogP contribution in [0.15, 0.2) is 28.7 Å². The van der Waals surface area contributed by atoms with E-state index in [2.05, 4.69) is 15.9 Å². The fraction of sp³-hybridized carbons (Fsp3) is 0.333. The minimum absolute atomic E-state index is 0.0913. The van der Waals surface area contributed by atoms with E-state index in [0.29, 0.717) is 6.61 Å². The van der Waals surface area contributed by atoms with Crippen molar-refractivity contribution in [3.63, 3.8) is 0 Å². The van der Waals surface area contributed by atoms with Gasteiger partial charge in [0.15, 0.2) is 6.29 Å². The van der Waals surface area contributed by atoms with Crippen molar-refractivity contribution in [2.24, 2.45) is 0 Å². The van der Waals surface area contributed by atoms with Gasteiger partial charge in [0.25, 0.3) is 0 Å². The van der Waals surface area contributed by atoms with Gasteiger partial charge in [0.2, 0.25) is 0 Å². The summed E-state index contributed by atoms with van der Waals surface area (Å²) in [6.07, 6.45) is -0.888. The van der Waals surface area contributed by atoms with Crippen molar-refractivity contribution in [1.29, 1.82) is 0 Å². The first-order valence-corrected chi connectivity index (χ1v) is 5.15. The van der Waals surface area contributed by atoms with Gasteiger partial charge in [-0.1, -0.05) is 28.1 Å². The quantitative estimate of drug-likeness (QED) is 0.670. The Labute approximate surface area is 90.6 Å². The molecular weight excluding hydrogens is 255 g/mol. The van der Waals surface area contributed by atoms with E-state index in [0.717, 1.165) is 10.0 Å². The maximum Gasteiger partial charge on any atom is 0.168 e. The first-order valence-electron chi connectivity index (χ1n) is 3.82. The topological polar surface area (TPSA) is 29.5 Å². The molecule has 0 saturated carbocycles. The summed E-state index contributed by atoms with van der Waals surface area (Å²) in [5.41, 5.74) is 0.999. The van der Waals surface area contributed by atoms with Gasteiger partial charge in [0.1, 0.15) is 0 Å². The summed E-state index contributed by atoms with van der Waals surface area (Å²) >= 11 is 8.71. The third kappa shape index (κ3) is 4.09. The van der Waals surface area contributed by atoms with E-state index in [1.165, 1.54) is 0 Å². The van der Waals surface area contributed by atoms with E-state index in [4.69, 9.17) is 21.4 Å². The van der Waals surface area contributed by atoms with Crippen LogP contribution in [0, 0.1) is 0 Å². The molecule has 1 aromatic rings. The normalized spacial score (nSPS) is 12.8. The molecule has 1 atom stereocenters. The van der Waals surface area contributed by atoms with Crippen LogP contribution in [0.1, 0.15) is 5.56 Å². The molecule has 0 bridgehead atoms. The average molecular weight is 266 g/mol. The molecule has 2 nitrogen and oxygen atoms in total. The summed E-state index contributed by atoms with van der Waals surface area (Å²) in [4.78, 5) is 0. The predicted octanol–water partition coefficient (Wildman–Crippen LogP) is 2.52. The van der Waals surface area contributed by atoms with Crippen LogP contribution in [-0.2, 0) is 11.3 Å². The number of aliphatic hydroxyl groups is 1. The number of benzene rings is 1. The number of hydrogen-bond acceptors (Lipinski definition) is 2. The molecule has 0 fully saturated rings. The molecule has 1 unspecified atom stereocenters. The fourth-order valence-corrected chi connectivity index (χ4v) is 1.40. The number of aliphatic hydroxyl groups excluding tert-OH is 1. The van der Waals surface area contributed by atoms with E-state index < -0.39 is 6.29 Å². The van der Waals surface area contributed by atoms with Crippen molar-refractivity contribution >= 4 is 27.5 Å². The van der Waals surface area contributed by atoms with Crippen molar-refractivity contribution in [2.75, 3.05) is 5.88 Å². The first-order chi connectivity index (χ1) is 6.22. The zero-order valence-corrected chi connectivity index (χ0v) is 9.25. The molecule has 0 amide bonds. The van der Waals surface area contributed by atoms with Crippen molar-refractivity contribution < 1.29 is 9.84 Å². The molecule has 1 rings (SSSR count). The maximum atomic E-state index is 9.02. The molecule has 0 aliphatic carbocycles. The predicted molar refractivity (Wildman–Crippen MR) is 55.7 cm³/mol. The van der Waals surface area contributed by atoms with E-state index >= 15 is 0 Å². The fourth-order valence-electron chi connectivity index (χ4n) is 0.864. The van der Waals surface area contributed by atoms with Gasteiger partial charge in [-0.25, -0.2) is 0 Å². The average Bonchev–Trinajstić information content (AvgIpc) is 2.14. The zero-order valence-electron chi connectivity index (χ0n) is 6.91. The van der Waals surface area contributed by atoms with Crippen LogP contribution in [0.5, 0.6) is 0 Å². The lowest BCUT2D eigenvalue weighted by atomic mass is 10.2. The summed E-state index contributed by atoms with van der Waals surface area (Å²) in [7, 11) is 0. The third-order valence-electron chi connectivity index (χ3n) is 1.46. The lowest BCUT2D eigenvalue weighted by Gasteiger charge is -2.08. The maximum absolute atomic E-state index is 9.02. The van der Waals surface area contributed by atoms with Crippen LogP contribution >= 0.6 is 27.5 Å². The summed E-state index contributed by atoms with van der Waals surface area (Å²) in [5.74, 6) is 0.0913. The number of ether oxygens (including phenoxy) is 1. The molecule has 1 N–H and O–H groups in total. The molecular formula is C9H10BrClO2. The van der Waals surface area contributed by atoms with Crippen LogP contribution < -0.4 is 0 Å². The lowest BCUT2D eigenvalue weighted by molar-refractivity contribution is -0.0914. The molecule has 0 heterocycles. The molecule has 0 spiro atoms. The third-order valence-corrected chi connectivity index (χ3v) is 2.22. The second-order valence-corrected chi connectivity index (χ2v) is 3.77.